The van der Waals surface area contributed by atoms with E-state index in [1.165, 1.54) is 5.57 Å². The van der Waals surface area contributed by atoms with Crippen molar-refractivity contribution in [2.75, 3.05) is 6.61 Å². The molecule has 13 heavy (non-hydrogen) atoms. The zero-order valence-corrected chi connectivity index (χ0v) is 8.30. The number of carbonyl (C=O) groups excluding carboxylic acids is 1. The van der Waals surface area contributed by atoms with Crippen LogP contribution in [0.5, 0.6) is 0 Å². The Morgan fingerprint density at radius 1 is 1.69 bits per heavy atom. The van der Waals surface area contributed by atoms with Crippen LogP contribution in [0.3, 0.4) is 0 Å². The molecule has 0 aromatic carbocycles. The average Bonchev–Trinajstić information content (AvgIpc) is 2.03. The number of alkyl carbamates (subject to hydrolysis) is 1. The van der Waals surface area contributed by atoms with Gasteiger partial charge in [0.2, 0.25) is 0 Å². The van der Waals surface area contributed by atoms with Crippen molar-refractivity contribution in [3.05, 3.63) is 11.6 Å². The molecule has 74 valence electrons. The molecular formula is C10H17NO2. The van der Waals surface area contributed by atoms with Crippen LogP contribution in [0.25, 0.3) is 0 Å². The molecular weight excluding hydrogens is 166 g/mol. The van der Waals surface area contributed by atoms with Gasteiger partial charge in [0.05, 0.1) is 6.61 Å². The van der Waals surface area contributed by atoms with Crippen LogP contribution in [-0.2, 0) is 4.74 Å². The van der Waals surface area contributed by atoms with Crippen LogP contribution >= 0.6 is 0 Å². The highest BCUT2D eigenvalue weighted by Gasteiger charge is 2.17. The first-order chi connectivity index (χ1) is 6.18. The minimum Gasteiger partial charge on any atom is -0.449 e. The van der Waals surface area contributed by atoms with Gasteiger partial charge in [0, 0.05) is 12.5 Å². The Labute approximate surface area is 79.2 Å². The van der Waals surface area contributed by atoms with E-state index in [0.29, 0.717) is 12.6 Å². The van der Waals surface area contributed by atoms with Gasteiger partial charge in [0.25, 0.3) is 0 Å². The largest absolute Gasteiger partial charge is 0.449 e. The maximum Gasteiger partial charge on any atom is 0.407 e. The van der Waals surface area contributed by atoms with Gasteiger partial charge in [-0.2, -0.15) is 0 Å². The van der Waals surface area contributed by atoms with Crippen molar-refractivity contribution in [1.82, 2.24) is 5.32 Å². The molecule has 1 heterocycles. The zero-order chi connectivity index (χ0) is 9.68. The summed E-state index contributed by atoms with van der Waals surface area (Å²) in [4.78, 5) is 10.8. The van der Waals surface area contributed by atoms with Crippen molar-refractivity contribution in [3.8, 4) is 0 Å². The Kier molecular flexibility index (Phi) is 3.80. The number of cyclic esters (lactones) is 1. The van der Waals surface area contributed by atoms with E-state index in [1.54, 1.807) is 0 Å². The monoisotopic (exact) mass is 183 g/mol. The van der Waals surface area contributed by atoms with Gasteiger partial charge in [-0.15, -0.1) is 0 Å². The topological polar surface area (TPSA) is 38.3 Å². The minimum atomic E-state index is -0.270. The van der Waals surface area contributed by atoms with Crippen molar-refractivity contribution in [2.45, 2.75) is 39.2 Å². The normalized spacial score (nSPS) is 21.7. The summed E-state index contributed by atoms with van der Waals surface area (Å²) in [7, 11) is 0. The predicted molar refractivity (Wildman–Crippen MR) is 51.6 cm³/mol. The maximum atomic E-state index is 10.8. The lowest BCUT2D eigenvalue weighted by molar-refractivity contribution is 0.114. The fourth-order valence-corrected chi connectivity index (χ4v) is 1.36. The molecule has 1 N–H and O–H groups in total. The second kappa shape index (κ2) is 4.90. The van der Waals surface area contributed by atoms with Crippen molar-refractivity contribution in [1.29, 1.82) is 0 Å². The Hall–Kier alpha value is -0.990. The van der Waals surface area contributed by atoms with Crippen molar-refractivity contribution >= 4 is 6.09 Å². The number of hydrogen-bond donors (Lipinski definition) is 1. The highest BCUT2D eigenvalue weighted by molar-refractivity contribution is 5.68. The maximum absolute atomic E-state index is 10.8. The second-order valence-electron chi connectivity index (χ2n) is 3.62. The average molecular weight is 183 g/mol. The van der Waals surface area contributed by atoms with E-state index in [4.69, 9.17) is 4.74 Å². The Morgan fingerprint density at radius 2 is 2.46 bits per heavy atom. The van der Waals surface area contributed by atoms with E-state index in [1.807, 2.05) is 0 Å². The van der Waals surface area contributed by atoms with Crippen molar-refractivity contribution in [2.24, 2.45) is 0 Å². The molecule has 3 nitrogen and oxygen atoms in total. The number of rotatable bonds is 3. The van der Waals surface area contributed by atoms with Crippen LogP contribution < -0.4 is 5.32 Å². The molecule has 0 aromatic rings. The minimum absolute atomic E-state index is 0.270. The van der Waals surface area contributed by atoms with E-state index < -0.39 is 0 Å². The number of carbonyl (C=O) groups is 1. The van der Waals surface area contributed by atoms with Gasteiger partial charge in [-0.1, -0.05) is 11.6 Å². The summed E-state index contributed by atoms with van der Waals surface area (Å²) in [6.07, 6.45) is 4.91. The Morgan fingerprint density at radius 3 is 3.08 bits per heavy atom. The molecule has 1 atom stereocenters. The third-order valence-electron chi connectivity index (χ3n) is 2.09. The molecule has 0 aromatic heterocycles. The zero-order valence-electron chi connectivity index (χ0n) is 8.30. The predicted octanol–water partition coefficient (Wildman–Crippen LogP) is 2.23. The molecule has 0 spiro atoms. The third-order valence-corrected chi connectivity index (χ3v) is 2.09. The number of nitrogens with one attached hydrogen (secondary N) is 1. The highest BCUT2D eigenvalue weighted by Crippen LogP contribution is 2.08. The molecule has 0 aliphatic carbocycles. The molecule has 3 heteroatoms. The van der Waals surface area contributed by atoms with Gasteiger partial charge in [-0.05, 0) is 26.7 Å². The number of allylic oxidation sites excluding steroid dienone is 2. The van der Waals surface area contributed by atoms with Gasteiger partial charge < -0.3 is 10.1 Å². The van der Waals surface area contributed by atoms with Crippen LogP contribution in [0.4, 0.5) is 4.79 Å². The molecule has 0 bridgehead atoms. The summed E-state index contributed by atoms with van der Waals surface area (Å²) in [6.45, 7) is 4.73. The standard InChI is InChI=1S/C10H17NO2/c1-8(2)4-3-5-9-6-7-13-10(12)11-9/h4,9H,3,5-7H2,1-2H3,(H,11,12). The number of ether oxygens (including phenoxy) is 1. The quantitative estimate of drug-likeness (QED) is 0.681. The van der Waals surface area contributed by atoms with Crippen LogP contribution in [0.15, 0.2) is 11.6 Å². The summed E-state index contributed by atoms with van der Waals surface area (Å²) in [5, 5.41) is 2.80. The molecule has 1 amide bonds. The lowest BCUT2D eigenvalue weighted by Crippen LogP contribution is -2.41. The number of hydrogen-bond acceptors (Lipinski definition) is 2. The van der Waals surface area contributed by atoms with Crippen LogP contribution in [-0.4, -0.2) is 18.7 Å². The molecule has 0 radical (unpaired) electrons. The fraction of sp³-hybridized carbons (Fsp3) is 0.700. The van der Waals surface area contributed by atoms with E-state index in [-0.39, 0.29) is 6.09 Å². The van der Waals surface area contributed by atoms with E-state index in [2.05, 4.69) is 25.2 Å². The van der Waals surface area contributed by atoms with E-state index in [0.717, 1.165) is 19.3 Å². The summed E-state index contributed by atoms with van der Waals surface area (Å²) in [6, 6.07) is 0.303. The van der Waals surface area contributed by atoms with E-state index >= 15 is 0 Å². The molecule has 1 fully saturated rings. The van der Waals surface area contributed by atoms with Crippen LogP contribution in [0.2, 0.25) is 0 Å². The SMILES string of the molecule is CC(C)=CCCC1CCOC(=O)N1. The third kappa shape index (κ3) is 3.97. The summed E-state index contributed by atoms with van der Waals surface area (Å²) < 4.78 is 4.77. The summed E-state index contributed by atoms with van der Waals surface area (Å²) >= 11 is 0. The van der Waals surface area contributed by atoms with Crippen LogP contribution in [0.1, 0.15) is 33.1 Å². The lowest BCUT2D eigenvalue weighted by Gasteiger charge is -2.22. The number of amides is 1. The summed E-state index contributed by atoms with van der Waals surface area (Å²) in [5.74, 6) is 0. The fourth-order valence-electron chi connectivity index (χ4n) is 1.36. The van der Waals surface area contributed by atoms with Crippen LogP contribution in [0, 0.1) is 0 Å². The first-order valence-corrected chi connectivity index (χ1v) is 4.75. The smallest absolute Gasteiger partial charge is 0.407 e. The Bertz CT molecular complexity index is 207. The van der Waals surface area contributed by atoms with Gasteiger partial charge in [0.1, 0.15) is 0 Å². The first kappa shape index (κ1) is 10.1. The molecule has 1 aliphatic rings. The molecule has 1 aliphatic heterocycles. The van der Waals surface area contributed by atoms with Crippen molar-refractivity contribution in [3.63, 3.8) is 0 Å². The summed E-state index contributed by atoms with van der Waals surface area (Å²) in [5.41, 5.74) is 1.33. The lowest BCUT2D eigenvalue weighted by atomic mass is 10.1. The molecule has 0 saturated carbocycles. The van der Waals surface area contributed by atoms with Gasteiger partial charge in [-0.25, -0.2) is 4.79 Å². The second-order valence-corrected chi connectivity index (χ2v) is 3.62. The van der Waals surface area contributed by atoms with E-state index in [9.17, 15) is 4.79 Å². The van der Waals surface area contributed by atoms with Gasteiger partial charge in [0.15, 0.2) is 0 Å². The molecule has 1 saturated heterocycles. The van der Waals surface area contributed by atoms with Crippen molar-refractivity contribution < 1.29 is 9.53 Å². The Balaban J connectivity index is 2.21. The highest BCUT2D eigenvalue weighted by atomic mass is 16.5. The molecule has 1 rings (SSSR count). The first-order valence-electron chi connectivity index (χ1n) is 4.75. The van der Waals surface area contributed by atoms with Gasteiger partial charge >= 0.3 is 6.09 Å². The van der Waals surface area contributed by atoms with Gasteiger partial charge in [-0.3, -0.25) is 0 Å². The molecule has 1 unspecified atom stereocenters.